The lowest BCUT2D eigenvalue weighted by Crippen LogP contribution is -2.20. The highest BCUT2D eigenvalue weighted by molar-refractivity contribution is 6.00. The third-order valence-electron chi connectivity index (χ3n) is 4.36. The molecule has 2 aromatic carbocycles. The van der Waals surface area contributed by atoms with E-state index in [9.17, 15) is 4.79 Å². The van der Waals surface area contributed by atoms with E-state index in [1.807, 2.05) is 30.3 Å². The second kappa shape index (κ2) is 7.52. The highest BCUT2D eigenvalue weighted by Crippen LogP contribution is 2.27. The van der Waals surface area contributed by atoms with Crippen LogP contribution in [0.4, 0.5) is 16.2 Å². The molecule has 0 saturated heterocycles. The van der Waals surface area contributed by atoms with E-state index < -0.39 is 0 Å². The number of rotatable bonds is 4. The van der Waals surface area contributed by atoms with Crippen LogP contribution in [0, 0.1) is 0 Å². The summed E-state index contributed by atoms with van der Waals surface area (Å²) in [5, 5.41) is 5.87. The van der Waals surface area contributed by atoms with E-state index in [-0.39, 0.29) is 11.4 Å². The molecule has 0 radical (unpaired) electrons. The van der Waals surface area contributed by atoms with Gasteiger partial charge in [-0.3, -0.25) is 0 Å². The summed E-state index contributed by atoms with van der Waals surface area (Å²) in [6, 6.07) is 15.8. The summed E-state index contributed by atoms with van der Waals surface area (Å²) in [4.78, 5) is 12.3. The predicted molar refractivity (Wildman–Crippen MR) is 103 cm³/mol. The maximum atomic E-state index is 12.3. The molecule has 0 saturated carbocycles. The molecule has 0 aliphatic rings. The zero-order valence-corrected chi connectivity index (χ0v) is 15.3. The lowest BCUT2D eigenvalue weighted by Gasteiger charge is -2.19. The van der Waals surface area contributed by atoms with Gasteiger partial charge in [-0.15, -0.1) is 0 Å². The lowest BCUT2D eigenvalue weighted by molar-refractivity contribution is 0.262. The quantitative estimate of drug-likeness (QED) is 0.696. The fourth-order valence-electron chi connectivity index (χ4n) is 2.60. The number of urea groups is 1. The number of carbonyl (C=O) groups is 1. The Kier molecular flexibility index (Phi) is 5.66. The normalized spacial score (nSPS) is 12.5. The second-order valence-corrected chi connectivity index (χ2v) is 7.30. The molecule has 2 amide bonds. The average molecular weight is 324 g/mol. The maximum Gasteiger partial charge on any atom is 0.323 e. The number of benzene rings is 2. The van der Waals surface area contributed by atoms with Crippen LogP contribution in [0.3, 0.4) is 0 Å². The summed E-state index contributed by atoms with van der Waals surface area (Å²) >= 11 is 0. The largest absolute Gasteiger partial charge is 0.323 e. The summed E-state index contributed by atoms with van der Waals surface area (Å²) in [5.41, 5.74) is 4.18. The molecular formula is C21H28N2O. The maximum absolute atomic E-state index is 12.3. The van der Waals surface area contributed by atoms with Crippen LogP contribution in [0.1, 0.15) is 58.1 Å². The van der Waals surface area contributed by atoms with Gasteiger partial charge >= 0.3 is 6.03 Å². The van der Waals surface area contributed by atoms with Gasteiger partial charge in [0, 0.05) is 11.4 Å². The first kappa shape index (κ1) is 18.1. The lowest BCUT2D eigenvalue weighted by atomic mass is 9.87. The van der Waals surface area contributed by atoms with Crippen molar-refractivity contribution in [1.82, 2.24) is 0 Å². The van der Waals surface area contributed by atoms with E-state index in [1.165, 1.54) is 11.1 Å². The van der Waals surface area contributed by atoms with Crippen molar-refractivity contribution in [2.45, 2.75) is 52.4 Å². The van der Waals surface area contributed by atoms with E-state index in [0.717, 1.165) is 17.8 Å². The van der Waals surface area contributed by atoms with Gasteiger partial charge in [-0.1, -0.05) is 65.0 Å². The van der Waals surface area contributed by atoms with E-state index in [2.05, 4.69) is 63.5 Å². The molecule has 3 nitrogen and oxygen atoms in total. The van der Waals surface area contributed by atoms with E-state index >= 15 is 0 Å². The number of hydrogen-bond donors (Lipinski definition) is 2. The van der Waals surface area contributed by atoms with Crippen molar-refractivity contribution in [3.05, 3.63) is 59.7 Å². The highest BCUT2D eigenvalue weighted by atomic mass is 16.2. The molecule has 0 aliphatic carbocycles. The Morgan fingerprint density at radius 3 is 2.21 bits per heavy atom. The molecule has 24 heavy (non-hydrogen) atoms. The summed E-state index contributed by atoms with van der Waals surface area (Å²) in [7, 11) is 0. The molecule has 2 N–H and O–H groups in total. The van der Waals surface area contributed by atoms with Crippen molar-refractivity contribution in [2.75, 3.05) is 10.6 Å². The van der Waals surface area contributed by atoms with Crippen molar-refractivity contribution in [3.63, 3.8) is 0 Å². The van der Waals surface area contributed by atoms with Gasteiger partial charge in [-0.2, -0.15) is 0 Å². The highest BCUT2D eigenvalue weighted by Gasteiger charge is 2.14. The predicted octanol–water partition coefficient (Wildman–Crippen LogP) is 6.14. The van der Waals surface area contributed by atoms with E-state index in [1.54, 1.807) is 0 Å². The van der Waals surface area contributed by atoms with Crippen LogP contribution in [0.25, 0.3) is 0 Å². The Hall–Kier alpha value is -2.29. The number of carbonyl (C=O) groups excluding carboxylic acids is 1. The summed E-state index contributed by atoms with van der Waals surface area (Å²) in [6.07, 6.45) is 1.04. The number of nitrogens with one attached hydrogen (secondary N) is 2. The summed E-state index contributed by atoms with van der Waals surface area (Å²) in [6.45, 7) is 10.8. The smallest absolute Gasteiger partial charge is 0.308 e. The average Bonchev–Trinajstić information content (AvgIpc) is 2.54. The molecule has 2 rings (SSSR count). The minimum absolute atomic E-state index is 0.107. The van der Waals surface area contributed by atoms with Gasteiger partial charge in [0.25, 0.3) is 0 Å². The van der Waals surface area contributed by atoms with Crippen molar-refractivity contribution in [3.8, 4) is 0 Å². The summed E-state index contributed by atoms with van der Waals surface area (Å²) in [5.74, 6) is 0.410. The molecule has 0 heterocycles. The Morgan fingerprint density at radius 2 is 1.62 bits per heavy atom. The Bertz CT molecular complexity index is 684. The molecule has 2 aromatic rings. The van der Waals surface area contributed by atoms with Crippen LogP contribution in [-0.2, 0) is 5.41 Å². The van der Waals surface area contributed by atoms with Crippen LogP contribution in [0.2, 0.25) is 0 Å². The molecule has 0 bridgehead atoms. The molecule has 0 spiro atoms. The standard InChI is InChI=1S/C21H28N2O/c1-6-15(2)18-9-7-8-10-19(18)23-20(24)22-17-13-11-16(12-14-17)21(3,4)5/h7-15H,6H2,1-5H3,(H2,22,23,24). The monoisotopic (exact) mass is 324 g/mol. The van der Waals surface area contributed by atoms with Gasteiger partial charge in [0.05, 0.1) is 0 Å². The zero-order valence-electron chi connectivity index (χ0n) is 15.3. The van der Waals surface area contributed by atoms with Gasteiger partial charge in [-0.05, 0) is 47.1 Å². The van der Waals surface area contributed by atoms with Crippen LogP contribution in [0.5, 0.6) is 0 Å². The fourth-order valence-corrected chi connectivity index (χ4v) is 2.60. The van der Waals surface area contributed by atoms with Crippen molar-refractivity contribution < 1.29 is 4.79 Å². The Labute approximate surface area is 145 Å². The third-order valence-corrected chi connectivity index (χ3v) is 4.36. The molecule has 1 atom stereocenters. The number of amides is 2. The zero-order chi connectivity index (χ0) is 17.7. The van der Waals surface area contributed by atoms with Crippen molar-refractivity contribution in [1.29, 1.82) is 0 Å². The first-order chi connectivity index (χ1) is 11.3. The molecule has 0 aromatic heterocycles. The number of para-hydroxylation sites is 1. The molecule has 0 aliphatic heterocycles. The molecular weight excluding hydrogens is 296 g/mol. The molecule has 3 heteroatoms. The van der Waals surface area contributed by atoms with Gasteiger partial charge in [-0.25, -0.2) is 4.79 Å². The van der Waals surface area contributed by atoms with Crippen LogP contribution >= 0.6 is 0 Å². The van der Waals surface area contributed by atoms with Crippen LogP contribution in [-0.4, -0.2) is 6.03 Å². The minimum Gasteiger partial charge on any atom is -0.308 e. The van der Waals surface area contributed by atoms with Gasteiger partial charge in [0.15, 0.2) is 0 Å². The first-order valence-corrected chi connectivity index (χ1v) is 8.58. The summed E-state index contributed by atoms with van der Waals surface area (Å²) < 4.78 is 0. The van der Waals surface area contributed by atoms with Crippen LogP contribution < -0.4 is 10.6 Å². The van der Waals surface area contributed by atoms with Crippen molar-refractivity contribution >= 4 is 17.4 Å². The fraction of sp³-hybridized carbons (Fsp3) is 0.381. The van der Waals surface area contributed by atoms with E-state index in [0.29, 0.717) is 5.92 Å². The van der Waals surface area contributed by atoms with Crippen molar-refractivity contribution in [2.24, 2.45) is 0 Å². The Balaban J connectivity index is 2.06. The molecule has 0 fully saturated rings. The third kappa shape index (κ3) is 4.60. The first-order valence-electron chi connectivity index (χ1n) is 8.58. The minimum atomic E-state index is -0.214. The second-order valence-electron chi connectivity index (χ2n) is 7.30. The number of hydrogen-bond acceptors (Lipinski definition) is 1. The van der Waals surface area contributed by atoms with Crippen LogP contribution in [0.15, 0.2) is 48.5 Å². The topological polar surface area (TPSA) is 41.1 Å². The molecule has 128 valence electrons. The number of anilines is 2. The SMILES string of the molecule is CCC(C)c1ccccc1NC(=O)Nc1ccc(C(C)(C)C)cc1. The van der Waals surface area contributed by atoms with Gasteiger partial charge in [0.1, 0.15) is 0 Å². The van der Waals surface area contributed by atoms with Gasteiger partial charge in [0.2, 0.25) is 0 Å². The molecule has 1 unspecified atom stereocenters. The van der Waals surface area contributed by atoms with Gasteiger partial charge < -0.3 is 10.6 Å². The Morgan fingerprint density at radius 1 is 1.00 bits per heavy atom. The van der Waals surface area contributed by atoms with E-state index in [4.69, 9.17) is 0 Å².